The average Bonchev–Trinajstić information content (AvgIpc) is 2.73. The molecule has 152 valence electrons. The smallest absolute Gasteiger partial charge is 0.161 e. The van der Waals surface area contributed by atoms with Crippen molar-refractivity contribution in [3.63, 3.8) is 0 Å². The summed E-state index contributed by atoms with van der Waals surface area (Å²) >= 11 is 12.1. The maximum atomic E-state index is 14.1. The van der Waals surface area contributed by atoms with Crippen LogP contribution in [0.25, 0.3) is 11.6 Å². The highest BCUT2D eigenvalue weighted by atomic mass is 35.5. The zero-order valence-electron chi connectivity index (χ0n) is 16.2. The Hall–Kier alpha value is -3.00. The molecule has 3 aromatic rings. The van der Waals surface area contributed by atoms with Crippen LogP contribution in [0.15, 0.2) is 60.7 Å². The van der Waals surface area contributed by atoms with Gasteiger partial charge in [0.05, 0.1) is 18.2 Å². The first-order valence-electron chi connectivity index (χ1n) is 9.22. The van der Waals surface area contributed by atoms with Gasteiger partial charge in [0.15, 0.2) is 11.5 Å². The van der Waals surface area contributed by atoms with Gasteiger partial charge in [-0.25, -0.2) is 4.39 Å². The van der Waals surface area contributed by atoms with Gasteiger partial charge in [-0.1, -0.05) is 53.5 Å². The molecule has 6 heteroatoms. The lowest BCUT2D eigenvalue weighted by molar-refractivity contribution is 0.269. The summed E-state index contributed by atoms with van der Waals surface area (Å²) in [6.45, 7) is 2.54. The number of hydrogen-bond acceptors (Lipinski definition) is 3. The minimum absolute atomic E-state index is 0.220. The summed E-state index contributed by atoms with van der Waals surface area (Å²) in [5.74, 6) is 0.599. The van der Waals surface area contributed by atoms with Crippen LogP contribution in [-0.2, 0) is 6.61 Å². The molecule has 0 spiro atoms. The van der Waals surface area contributed by atoms with Gasteiger partial charge in [-0.3, -0.25) is 0 Å². The first kappa shape index (κ1) is 21.7. The lowest BCUT2D eigenvalue weighted by Gasteiger charge is -2.13. The van der Waals surface area contributed by atoms with Crippen molar-refractivity contribution in [2.75, 3.05) is 6.61 Å². The second kappa shape index (κ2) is 10.2. The third-order valence-electron chi connectivity index (χ3n) is 4.26. The Bertz CT molecular complexity index is 1120. The van der Waals surface area contributed by atoms with Crippen molar-refractivity contribution in [3.8, 4) is 17.6 Å². The Morgan fingerprint density at radius 3 is 2.53 bits per heavy atom. The van der Waals surface area contributed by atoms with Crippen LogP contribution in [0.4, 0.5) is 4.39 Å². The van der Waals surface area contributed by atoms with Crippen molar-refractivity contribution in [1.82, 2.24) is 0 Å². The highest BCUT2D eigenvalue weighted by Crippen LogP contribution is 2.32. The molecule has 0 aliphatic heterocycles. The molecule has 0 radical (unpaired) electrons. The van der Waals surface area contributed by atoms with E-state index in [1.807, 2.05) is 6.92 Å². The normalized spacial score (nSPS) is 11.1. The number of halogens is 3. The van der Waals surface area contributed by atoms with Crippen LogP contribution < -0.4 is 9.47 Å². The van der Waals surface area contributed by atoms with E-state index in [0.29, 0.717) is 33.7 Å². The van der Waals surface area contributed by atoms with Crippen molar-refractivity contribution in [1.29, 1.82) is 5.26 Å². The largest absolute Gasteiger partial charge is 0.490 e. The molecule has 0 aromatic heterocycles. The zero-order chi connectivity index (χ0) is 21.5. The average molecular weight is 442 g/mol. The predicted octanol–water partition coefficient (Wildman–Crippen LogP) is 7.17. The summed E-state index contributed by atoms with van der Waals surface area (Å²) in [4.78, 5) is 0. The van der Waals surface area contributed by atoms with Crippen LogP contribution in [0.3, 0.4) is 0 Å². The fourth-order valence-corrected chi connectivity index (χ4v) is 3.28. The van der Waals surface area contributed by atoms with Gasteiger partial charge in [0.25, 0.3) is 0 Å². The monoisotopic (exact) mass is 441 g/mol. The summed E-state index contributed by atoms with van der Waals surface area (Å²) in [6.07, 6.45) is 1.61. The van der Waals surface area contributed by atoms with Gasteiger partial charge in [-0.05, 0) is 48.9 Å². The van der Waals surface area contributed by atoms with Gasteiger partial charge in [0, 0.05) is 21.2 Å². The standard InChI is InChI=1S/C24H18Cl2FNO2/c1-2-29-24-12-16(11-18(14-28)20-5-3-4-6-22(20)27)7-10-23(24)30-15-17-8-9-19(25)13-21(17)26/h3-13H,2,15H2,1H3/b18-11-. The van der Waals surface area contributed by atoms with Gasteiger partial charge in [0.1, 0.15) is 12.4 Å². The van der Waals surface area contributed by atoms with E-state index in [1.165, 1.54) is 6.07 Å². The Morgan fingerprint density at radius 1 is 1.03 bits per heavy atom. The van der Waals surface area contributed by atoms with E-state index in [1.54, 1.807) is 60.7 Å². The Morgan fingerprint density at radius 2 is 1.83 bits per heavy atom. The quantitative estimate of drug-likeness (QED) is 0.288. The molecular weight excluding hydrogens is 424 g/mol. The Kier molecular flexibility index (Phi) is 7.35. The number of benzene rings is 3. The van der Waals surface area contributed by atoms with E-state index in [4.69, 9.17) is 32.7 Å². The fourth-order valence-electron chi connectivity index (χ4n) is 2.81. The van der Waals surface area contributed by atoms with Gasteiger partial charge >= 0.3 is 0 Å². The van der Waals surface area contributed by atoms with E-state index >= 15 is 0 Å². The molecule has 0 heterocycles. The van der Waals surface area contributed by atoms with Crippen LogP contribution in [0.1, 0.15) is 23.6 Å². The predicted molar refractivity (Wildman–Crippen MR) is 118 cm³/mol. The maximum absolute atomic E-state index is 14.1. The molecule has 0 atom stereocenters. The molecule has 0 saturated heterocycles. The molecular formula is C24H18Cl2FNO2. The summed E-state index contributed by atoms with van der Waals surface area (Å²) < 4.78 is 25.6. The van der Waals surface area contributed by atoms with Gasteiger partial charge < -0.3 is 9.47 Å². The third-order valence-corrected chi connectivity index (χ3v) is 4.85. The Balaban J connectivity index is 1.87. The zero-order valence-corrected chi connectivity index (χ0v) is 17.7. The molecule has 3 aromatic carbocycles. The van der Waals surface area contributed by atoms with Crippen LogP contribution in [0, 0.1) is 17.1 Å². The fraction of sp³-hybridized carbons (Fsp3) is 0.125. The lowest BCUT2D eigenvalue weighted by Crippen LogP contribution is -2.00. The lowest BCUT2D eigenvalue weighted by atomic mass is 10.0. The highest BCUT2D eigenvalue weighted by Gasteiger charge is 2.11. The third kappa shape index (κ3) is 5.33. The van der Waals surface area contributed by atoms with E-state index in [9.17, 15) is 9.65 Å². The first-order chi connectivity index (χ1) is 14.5. The molecule has 0 amide bonds. The van der Waals surface area contributed by atoms with E-state index < -0.39 is 5.82 Å². The van der Waals surface area contributed by atoms with Crippen molar-refractivity contribution in [2.45, 2.75) is 13.5 Å². The molecule has 0 fully saturated rings. The van der Waals surface area contributed by atoms with Crippen molar-refractivity contribution in [2.24, 2.45) is 0 Å². The number of nitriles is 1. The topological polar surface area (TPSA) is 42.2 Å². The number of nitrogens with zero attached hydrogens (tertiary/aromatic N) is 1. The van der Waals surface area contributed by atoms with Crippen molar-refractivity contribution >= 4 is 34.9 Å². The number of ether oxygens (including phenoxy) is 2. The van der Waals surface area contributed by atoms with Crippen LogP contribution in [-0.4, -0.2) is 6.61 Å². The molecule has 0 N–H and O–H groups in total. The molecule has 0 aliphatic rings. The molecule has 30 heavy (non-hydrogen) atoms. The van der Waals surface area contributed by atoms with Crippen molar-refractivity contribution in [3.05, 3.63) is 93.2 Å². The summed E-state index contributed by atoms with van der Waals surface area (Å²) in [5, 5.41) is 10.6. The van der Waals surface area contributed by atoms with E-state index in [2.05, 4.69) is 6.07 Å². The van der Waals surface area contributed by atoms with E-state index in [0.717, 1.165) is 5.56 Å². The summed E-state index contributed by atoms with van der Waals surface area (Å²) in [7, 11) is 0. The highest BCUT2D eigenvalue weighted by molar-refractivity contribution is 6.35. The maximum Gasteiger partial charge on any atom is 0.161 e. The molecule has 3 rings (SSSR count). The number of hydrogen-bond donors (Lipinski definition) is 0. The second-order valence-electron chi connectivity index (χ2n) is 6.31. The van der Waals surface area contributed by atoms with Crippen LogP contribution in [0.5, 0.6) is 11.5 Å². The SMILES string of the molecule is CCOc1cc(/C=C(/C#N)c2ccccc2F)ccc1OCc1ccc(Cl)cc1Cl. The summed E-state index contributed by atoms with van der Waals surface area (Å²) in [6, 6.07) is 18.7. The first-order valence-corrected chi connectivity index (χ1v) is 9.97. The molecule has 0 aliphatic carbocycles. The minimum Gasteiger partial charge on any atom is -0.490 e. The minimum atomic E-state index is -0.449. The van der Waals surface area contributed by atoms with E-state index in [-0.39, 0.29) is 17.7 Å². The molecule has 0 unspecified atom stereocenters. The van der Waals surface area contributed by atoms with Crippen LogP contribution >= 0.6 is 23.2 Å². The van der Waals surface area contributed by atoms with Gasteiger partial charge in [-0.2, -0.15) is 5.26 Å². The van der Waals surface area contributed by atoms with Gasteiger partial charge in [-0.15, -0.1) is 0 Å². The van der Waals surface area contributed by atoms with Crippen molar-refractivity contribution < 1.29 is 13.9 Å². The molecule has 0 bridgehead atoms. The summed E-state index contributed by atoms with van der Waals surface area (Å²) in [5.41, 5.74) is 1.95. The molecule has 3 nitrogen and oxygen atoms in total. The van der Waals surface area contributed by atoms with Gasteiger partial charge in [0.2, 0.25) is 0 Å². The van der Waals surface area contributed by atoms with Crippen LogP contribution in [0.2, 0.25) is 10.0 Å². The number of rotatable bonds is 7. The second-order valence-corrected chi connectivity index (χ2v) is 7.16. The Labute approximate surface area is 184 Å². The molecule has 0 saturated carbocycles. The number of allylic oxidation sites excluding steroid dienone is 1.